The van der Waals surface area contributed by atoms with E-state index in [1.54, 1.807) is 0 Å². The normalized spacial score (nSPS) is 23.9. The van der Waals surface area contributed by atoms with E-state index in [9.17, 15) is 9.59 Å². The summed E-state index contributed by atoms with van der Waals surface area (Å²) >= 11 is 0. The van der Waals surface area contributed by atoms with Crippen molar-refractivity contribution in [3.63, 3.8) is 0 Å². The SMILES string of the molecule is Cc1ccc(NC(=O)C2(CNC(=O)C3CC34CCNCC4)CCCC2)cc1C.Cl. The molecule has 3 N–H and O–H groups in total. The molecule has 3 aliphatic rings. The highest BCUT2D eigenvalue weighted by Gasteiger charge is 2.57. The maximum atomic E-state index is 13.2. The third kappa shape index (κ3) is 4.46. The van der Waals surface area contributed by atoms with Crippen molar-refractivity contribution in [3.8, 4) is 0 Å². The Balaban J connectivity index is 0.00000240. The van der Waals surface area contributed by atoms with Crippen LogP contribution in [-0.4, -0.2) is 31.4 Å². The fraction of sp³-hybridized carbons (Fsp3) is 0.652. The molecule has 5 nitrogen and oxygen atoms in total. The molecule has 1 atom stereocenters. The van der Waals surface area contributed by atoms with E-state index in [0.29, 0.717) is 6.54 Å². The van der Waals surface area contributed by atoms with E-state index in [2.05, 4.69) is 29.8 Å². The van der Waals surface area contributed by atoms with Gasteiger partial charge in [-0.05, 0) is 87.7 Å². The summed E-state index contributed by atoms with van der Waals surface area (Å²) in [6, 6.07) is 6.03. The van der Waals surface area contributed by atoms with Crippen LogP contribution in [0.2, 0.25) is 0 Å². The van der Waals surface area contributed by atoms with Crippen LogP contribution in [0.15, 0.2) is 18.2 Å². The van der Waals surface area contributed by atoms with Crippen LogP contribution in [0, 0.1) is 30.6 Å². The van der Waals surface area contributed by atoms with Crippen molar-refractivity contribution in [2.75, 3.05) is 25.0 Å². The van der Waals surface area contributed by atoms with Crippen LogP contribution in [0.3, 0.4) is 0 Å². The fourth-order valence-electron chi connectivity index (χ4n) is 5.19. The van der Waals surface area contributed by atoms with Crippen LogP contribution in [0.1, 0.15) is 56.1 Å². The monoisotopic (exact) mass is 419 g/mol. The summed E-state index contributed by atoms with van der Waals surface area (Å²) in [5.41, 5.74) is 3.01. The number of anilines is 1. The van der Waals surface area contributed by atoms with Crippen molar-refractivity contribution in [2.45, 2.75) is 58.8 Å². The lowest BCUT2D eigenvalue weighted by atomic mass is 9.84. The lowest BCUT2D eigenvalue weighted by Gasteiger charge is -2.29. The molecule has 2 saturated carbocycles. The van der Waals surface area contributed by atoms with Crippen molar-refractivity contribution < 1.29 is 9.59 Å². The summed E-state index contributed by atoms with van der Waals surface area (Å²) in [4.78, 5) is 25.9. The van der Waals surface area contributed by atoms with Crippen molar-refractivity contribution in [3.05, 3.63) is 29.3 Å². The third-order valence-corrected chi connectivity index (χ3v) is 7.51. The van der Waals surface area contributed by atoms with Gasteiger partial charge in [0.25, 0.3) is 0 Å². The first kappa shape index (κ1) is 22.1. The average Bonchev–Trinajstić information content (AvgIpc) is 3.15. The molecule has 1 aromatic rings. The first-order valence-corrected chi connectivity index (χ1v) is 10.8. The molecule has 1 aromatic carbocycles. The zero-order valence-corrected chi connectivity index (χ0v) is 18.4. The van der Waals surface area contributed by atoms with Crippen molar-refractivity contribution in [1.29, 1.82) is 0 Å². The number of carbonyl (C=O) groups is 2. The Hall–Kier alpha value is -1.59. The number of aryl methyl sites for hydroxylation is 2. The first-order valence-electron chi connectivity index (χ1n) is 10.8. The summed E-state index contributed by atoms with van der Waals surface area (Å²) in [5, 5.41) is 9.67. The molecule has 3 fully saturated rings. The van der Waals surface area contributed by atoms with Crippen LogP contribution < -0.4 is 16.0 Å². The molecule has 1 spiro atoms. The number of carbonyl (C=O) groups excluding carboxylic acids is 2. The molecular weight excluding hydrogens is 386 g/mol. The zero-order chi connectivity index (χ0) is 19.8. The largest absolute Gasteiger partial charge is 0.355 e. The van der Waals surface area contributed by atoms with Crippen molar-refractivity contribution in [2.24, 2.45) is 16.7 Å². The molecule has 0 radical (unpaired) electrons. The zero-order valence-electron chi connectivity index (χ0n) is 17.6. The van der Waals surface area contributed by atoms with E-state index < -0.39 is 5.41 Å². The highest BCUT2D eigenvalue weighted by molar-refractivity contribution is 5.96. The second-order valence-electron chi connectivity index (χ2n) is 9.33. The number of amides is 2. The lowest BCUT2D eigenvalue weighted by molar-refractivity contribution is -0.127. The molecule has 1 unspecified atom stereocenters. The Labute approximate surface area is 180 Å². The first-order chi connectivity index (χ1) is 13.4. The molecule has 29 heavy (non-hydrogen) atoms. The van der Waals surface area contributed by atoms with Gasteiger partial charge in [-0.1, -0.05) is 18.9 Å². The van der Waals surface area contributed by atoms with Gasteiger partial charge >= 0.3 is 0 Å². The van der Waals surface area contributed by atoms with E-state index >= 15 is 0 Å². The van der Waals surface area contributed by atoms with Crippen LogP contribution >= 0.6 is 12.4 Å². The number of nitrogens with one attached hydrogen (secondary N) is 3. The van der Waals surface area contributed by atoms with Crippen molar-refractivity contribution >= 4 is 29.9 Å². The van der Waals surface area contributed by atoms with Gasteiger partial charge in [-0.25, -0.2) is 0 Å². The predicted molar refractivity (Wildman–Crippen MR) is 118 cm³/mol. The molecule has 4 rings (SSSR count). The van der Waals surface area contributed by atoms with Gasteiger partial charge < -0.3 is 16.0 Å². The Morgan fingerprint density at radius 1 is 1.07 bits per heavy atom. The van der Waals surface area contributed by atoms with Gasteiger partial charge in [0.1, 0.15) is 0 Å². The minimum absolute atomic E-state index is 0. The van der Waals surface area contributed by atoms with Gasteiger partial charge in [0.15, 0.2) is 0 Å². The number of piperidine rings is 1. The Bertz CT molecular complexity index is 767. The third-order valence-electron chi connectivity index (χ3n) is 7.51. The Morgan fingerprint density at radius 3 is 2.41 bits per heavy atom. The molecule has 0 aromatic heterocycles. The second kappa shape index (κ2) is 8.65. The van der Waals surface area contributed by atoms with E-state index in [4.69, 9.17) is 0 Å². The highest BCUT2D eigenvalue weighted by atomic mass is 35.5. The quantitative estimate of drug-likeness (QED) is 0.681. The van der Waals surface area contributed by atoms with Crippen LogP contribution in [-0.2, 0) is 9.59 Å². The van der Waals surface area contributed by atoms with Gasteiger partial charge in [-0.15, -0.1) is 12.4 Å². The van der Waals surface area contributed by atoms with E-state index in [1.165, 1.54) is 11.1 Å². The molecule has 1 aliphatic heterocycles. The number of hydrogen-bond donors (Lipinski definition) is 3. The maximum absolute atomic E-state index is 13.2. The summed E-state index contributed by atoms with van der Waals surface area (Å²) < 4.78 is 0. The molecule has 1 heterocycles. The summed E-state index contributed by atoms with van der Waals surface area (Å²) in [7, 11) is 0. The molecular formula is C23H34ClN3O2. The smallest absolute Gasteiger partial charge is 0.232 e. The molecule has 2 aliphatic carbocycles. The maximum Gasteiger partial charge on any atom is 0.232 e. The minimum Gasteiger partial charge on any atom is -0.355 e. The average molecular weight is 420 g/mol. The van der Waals surface area contributed by atoms with Crippen LogP contribution in [0.4, 0.5) is 5.69 Å². The Morgan fingerprint density at radius 2 is 1.76 bits per heavy atom. The predicted octanol–water partition coefficient (Wildman–Crippen LogP) is 3.73. The highest BCUT2D eigenvalue weighted by Crippen LogP contribution is 2.58. The van der Waals surface area contributed by atoms with E-state index in [0.717, 1.165) is 63.7 Å². The van der Waals surface area contributed by atoms with E-state index in [1.807, 2.05) is 18.2 Å². The molecule has 2 amide bonds. The lowest BCUT2D eigenvalue weighted by Crippen LogP contribution is -2.45. The number of halogens is 1. The van der Waals surface area contributed by atoms with Crippen molar-refractivity contribution in [1.82, 2.24) is 10.6 Å². The van der Waals surface area contributed by atoms with Gasteiger partial charge in [0, 0.05) is 18.2 Å². The van der Waals surface area contributed by atoms with Gasteiger partial charge in [-0.2, -0.15) is 0 Å². The second-order valence-corrected chi connectivity index (χ2v) is 9.33. The van der Waals surface area contributed by atoms with Crippen LogP contribution in [0.25, 0.3) is 0 Å². The number of hydrogen-bond acceptors (Lipinski definition) is 3. The Kier molecular flexibility index (Phi) is 6.59. The topological polar surface area (TPSA) is 70.2 Å². The number of benzene rings is 1. The van der Waals surface area contributed by atoms with Gasteiger partial charge in [0.05, 0.1) is 5.41 Å². The summed E-state index contributed by atoms with van der Waals surface area (Å²) in [6.45, 7) is 6.64. The molecule has 1 saturated heterocycles. The summed E-state index contributed by atoms with van der Waals surface area (Å²) in [5.74, 6) is 0.365. The molecule has 6 heteroatoms. The fourth-order valence-corrected chi connectivity index (χ4v) is 5.19. The molecule has 0 bridgehead atoms. The van der Waals surface area contributed by atoms with E-state index in [-0.39, 0.29) is 35.6 Å². The minimum atomic E-state index is -0.468. The summed E-state index contributed by atoms with van der Waals surface area (Å²) in [6.07, 6.45) is 7.02. The van der Waals surface area contributed by atoms with Gasteiger partial charge in [0.2, 0.25) is 11.8 Å². The van der Waals surface area contributed by atoms with Gasteiger partial charge in [-0.3, -0.25) is 9.59 Å². The molecule has 160 valence electrons. The standard InChI is InChI=1S/C23H33N3O2.ClH/c1-16-5-6-18(13-17(16)2)26-21(28)23(7-3-4-8-23)15-25-20(27)19-14-22(19)9-11-24-12-10-22;/h5-6,13,19,24H,3-4,7-12,14-15H2,1-2H3,(H,25,27)(H,26,28);1H. The number of rotatable bonds is 5. The van der Waals surface area contributed by atoms with Crippen LogP contribution in [0.5, 0.6) is 0 Å².